The summed E-state index contributed by atoms with van der Waals surface area (Å²) in [6.07, 6.45) is 5.04. The number of ether oxygens (including phenoxy) is 1. The lowest BCUT2D eigenvalue weighted by Gasteiger charge is -2.21. The van der Waals surface area contributed by atoms with Gasteiger partial charge in [0.2, 0.25) is 10.0 Å². The quantitative estimate of drug-likeness (QED) is 0.587. The van der Waals surface area contributed by atoms with Crippen molar-refractivity contribution < 1.29 is 17.7 Å². The molecule has 0 bridgehead atoms. The minimum atomic E-state index is -3.79. The number of aryl methyl sites for hydroxylation is 1. The number of methoxy groups -OCH3 is 1. The van der Waals surface area contributed by atoms with Gasteiger partial charge in [-0.15, -0.1) is 0 Å². The van der Waals surface area contributed by atoms with Gasteiger partial charge in [0.25, 0.3) is 0 Å². The molecule has 27 heavy (non-hydrogen) atoms. The van der Waals surface area contributed by atoms with Crippen molar-refractivity contribution in [1.29, 1.82) is 0 Å². The van der Waals surface area contributed by atoms with Crippen LogP contribution in [0.15, 0.2) is 52.3 Å². The van der Waals surface area contributed by atoms with Gasteiger partial charge in [-0.1, -0.05) is 12.1 Å². The van der Waals surface area contributed by atoms with E-state index in [1.165, 1.54) is 17.6 Å². The van der Waals surface area contributed by atoms with Crippen molar-refractivity contribution >= 4 is 10.0 Å². The summed E-state index contributed by atoms with van der Waals surface area (Å²) in [4.78, 5) is 0.0867. The fourth-order valence-corrected chi connectivity index (χ4v) is 4.39. The number of aromatic nitrogens is 3. The summed E-state index contributed by atoms with van der Waals surface area (Å²) in [5.41, 5.74) is 1.44. The summed E-state index contributed by atoms with van der Waals surface area (Å²) in [6, 6.07) is 6.58. The molecule has 0 fully saturated rings. The molecule has 3 aromatic rings. The Kier molecular flexibility index (Phi) is 5.62. The second-order valence-corrected chi connectivity index (χ2v) is 7.78. The first kappa shape index (κ1) is 19.1. The molecule has 8 nitrogen and oxygen atoms in total. The third kappa shape index (κ3) is 3.88. The molecule has 0 aliphatic rings. The lowest BCUT2D eigenvalue weighted by molar-refractivity contribution is 0.391. The number of hydrogen-bond acceptors (Lipinski definition) is 6. The molecule has 0 N–H and O–H groups in total. The molecule has 0 aliphatic heterocycles. The first-order valence-electron chi connectivity index (χ1n) is 8.60. The second kappa shape index (κ2) is 7.93. The Morgan fingerprint density at radius 2 is 2.07 bits per heavy atom. The first-order valence-corrected chi connectivity index (χ1v) is 10.0. The van der Waals surface area contributed by atoms with Gasteiger partial charge < -0.3 is 9.26 Å². The van der Waals surface area contributed by atoms with Crippen LogP contribution in [0.3, 0.4) is 0 Å². The predicted molar refractivity (Wildman–Crippen MR) is 99.7 cm³/mol. The van der Waals surface area contributed by atoms with E-state index in [1.807, 2.05) is 13.1 Å². The Morgan fingerprint density at radius 1 is 1.26 bits per heavy atom. The summed E-state index contributed by atoms with van der Waals surface area (Å²) >= 11 is 0. The number of rotatable bonds is 8. The Morgan fingerprint density at radius 3 is 2.67 bits per heavy atom. The summed E-state index contributed by atoms with van der Waals surface area (Å²) in [6.45, 7) is 5.05. The van der Waals surface area contributed by atoms with Crippen LogP contribution in [-0.4, -0.2) is 41.3 Å². The largest absolute Gasteiger partial charge is 0.495 e. The van der Waals surface area contributed by atoms with Gasteiger partial charge in [-0.05, 0) is 25.1 Å². The van der Waals surface area contributed by atoms with Crippen molar-refractivity contribution in [2.45, 2.75) is 31.8 Å². The van der Waals surface area contributed by atoms with E-state index < -0.39 is 10.0 Å². The van der Waals surface area contributed by atoms with Crippen molar-refractivity contribution in [1.82, 2.24) is 19.2 Å². The average Bonchev–Trinajstić information content (AvgIpc) is 3.37. The molecule has 0 atom stereocenters. The maximum absolute atomic E-state index is 13.3. The third-order valence-electron chi connectivity index (χ3n) is 4.23. The Bertz CT molecular complexity index is 996. The molecule has 3 rings (SSSR count). The van der Waals surface area contributed by atoms with Gasteiger partial charge in [0.15, 0.2) is 5.76 Å². The summed E-state index contributed by atoms with van der Waals surface area (Å²) in [7, 11) is -2.35. The van der Waals surface area contributed by atoms with E-state index in [0.717, 1.165) is 12.1 Å². The van der Waals surface area contributed by atoms with Crippen LogP contribution in [0.2, 0.25) is 0 Å². The summed E-state index contributed by atoms with van der Waals surface area (Å²) < 4.78 is 40.2. The van der Waals surface area contributed by atoms with Gasteiger partial charge in [0, 0.05) is 43.0 Å². The minimum Gasteiger partial charge on any atom is -0.495 e. The lowest BCUT2D eigenvalue weighted by atomic mass is 10.2. The van der Waals surface area contributed by atoms with E-state index in [4.69, 9.17) is 9.26 Å². The van der Waals surface area contributed by atoms with E-state index in [-0.39, 0.29) is 17.2 Å². The average molecular weight is 390 g/mol. The maximum Gasteiger partial charge on any atom is 0.247 e. The fourth-order valence-electron chi connectivity index (χ4n) is 2.77. The monoisotopic (exact) mass is 390 g/mol. The maximum atomic E-state index is 13.3. The van der Waals surface area contributed by atoms with Crippen LogP contribution in [0.5, 0.6) is 5.75 Å². The highest BCUT2D eigenvalue weighted by molar-refractivity contribution is 7.89. The molecule has 0 unspecified atom stereocenters. The van der Waals surface area contributed by atoms with E-state index in [9.17, 15) is 8.42 Å². The summed E-state index contributed by atoms with van der Waals surface area (Å²) in [5, 5.41) is 7.88. The standard InChI is InChI=1S/C18H22N4O4S/c1-4-21-12-14(11-19-21)13-22(5-2)27(23,24)18-10-15(6-7-17(18)25-3)16-8-9-20-26-16/h6-12H,4-5,13H2,1-3H3. The van der Waals surface area contributed by atoms with Crippen molar-refractivity contribution in [3.8, 4) is 17.1 Å². The Balaban J connectivity index is 1.99. The molecule has 0 aliphatic carbocycles. The topological polar surface area (TPSA) is 90.5 Å². The molecule has 2 aromatic heterocycles. The van der Waals surface area contributed by atoms with Crippen LogP contribution in [0, 0.1) is 0 Å². The molecule has 0 amide bonds. The normalized spacial score (nSPS) is 11.9. The van der Waals surface area contributed by atoms with Crippen molar-refractivity contribution in [3.63, 3.8) is 0 Å². The second-order valence-electron chi connectivity index (χ2n) is 5.88. The van der Waals surface area contributed by atoms with Crippen molar-refractivity contribution in [2.24, 2.45) is 0 Å². The highest BCUT2D eigenvalue weighted by Gasteiger charge is 2.28. The molecule has 0 saturated carbocycles. The SMILES string of the molecule is CCN(Cc1cnn(CC)c1)S(=O)(=O)c1cc(-c2ccno2)ccc1OC. The number of sulfonamides is 1. The predicted octanol–water partition coefficient (Wildman–Crippen LogP) is 2.78. The zero-order chi connectivity index (χ0) is 19.4. The molecule has 0 radical (unpaired) electrons. The number of benzene rings is 1. The molecular formula is C18H22N4O4S. The lowest BCUT2D eigenvalue weighted by Crippen LogP contribution is -2.30. The zero-order valence-corrected chi connectivity index (χ0v) is 16.3. The van der Waals surface area contributed by atoms with Crippen LogP contribution in [0.4, 0.5) is 0 Å². The zero-order valence-electron chi connectivity index (χ0n) is 15.5. The van der Waals surface area contributed by atoms with Gasteiger partial charge >= 0.3 is 0 Å². The van der Waals surface area contributed by atoms with Gasteiger partial charge in [-0.25, -0.2) is 8.42 Å². The first-order chi connectivity index (χ1) is 13.0. The van der Waals surface area contributed by atoms with Crippen LogP contribution >= 0.6 is 0 Å². The van der Waals surface area contributed by atoms with E-state index in [2.05, 4.69) is 10.3 Å². The van der Waals surface area contributed by atoms with Gasteiger partial charge in [0.1, 0.15) is 10.6 Å². The summed E-state index contributed by atoms with van der Waals surface area (Å²) in [5.74, 6) is 0.766. The Labute approximate surface area is 158 Å². The van der Waals surface area contributed by atoms with E-state index >= 15 is 0 Å². The van der Waals surface area contributed by atoms with Crippen LogP contribution < -0.4 is 4.74 Å². The minimum absolute atomic E-state index is 0.0867. The van der Waals surface area contributed by atoms with E-state index in [0.29, 0.717) is 17.9 Å². The number of nitrogens with zero attached hydrogens (tertiary/aromatic N) is 4. The molecule has 1 aromatic carbocycles. The molecular weight excluding hydrogens is 368 g/mol. The highest BCUT2D eigenvalue weighted by atomic mass is 32.2. The van der Waals surface area contributed by atoms with Crippen LogP contribution in [0.1, 0.15) is 19.4 Å². The van der Waals surface area contributed by atoms with Crippen molar-refractivity contribution in [2.75, 3.05) is 13.7 Å². The third-order valence-corrected chi connectivity index (χ3v) is 6.17. The molecule has 0 saturated heterocycles. The smallest absolute Gasteiger partial charge is 0.247 e. The van der Waals surface area contributed by atoms with Crippen LogP contribution in [0.25, 0.3) is 11.3 Å². The molecule has 144 valence electrons. The van der Waals surface area contributed by atoms with Crippen molar-refractivity contribution in [3.05, 3.63) is 48.4 Å². The molecule has 2 heterocycles. The van der Waals surface area contributed by atoms with Gasteiger partial charge in [-0.3, -0.25) is 4.68 Å². The highest BCUT2D eigenvalue weighted by Crippen LogP contribution is 2.32. The van der Waals surface area contributed by atoms with E-state index in [1.54, 1.807) is 42.1 Å². The fraction of sp³-hybridized carbons (Fsp3) is 0.333. The van der Waals surface area contributed by atoms with Crippen LogP contribution in [-0.2, 0) is 23.1 Å². The molecule has 0 spiro atoms. The van der Waals surface area contributed by atoms with Gasteiger partial charge in [0.05, 0.1) is 19.5 Å². The van der Waals surface area contributed by atoms with Gasteiger partial charge in [-0.2, -0.15) is 9.40 Å². The Hall–Kier alpha value is -2.65. The number of hydrogen-bond donors (Lipinski definition) is 0. The molecule has 9 heteroatoms.